The molecule has 1 amide bonds. The number of aryl methyl sites for hydroxylation is 1. The number of amides is 1. The van der Waals surface area contributed by atoms with Crippen LogP contribution in [-0.4, -0.2) is 58.3 Å². The van der Waals surface area contributed by atoms with Gasteiger partial charge in [0.15, 0.2) is 0 Å². The summed E-state index contributed by atoms with van der Waals surface area (Å²) in [4.78, 5) is 25.7. The van der Waals surface area contributed by atoms with Gasteiger partial charge >= 0.3 is 0 Å². The number of nitrogens with zero attached hydrogens (tertiary/aromatic N) is 4. The predicted octanol–water partition coefficient (Wildman–Crippen LogP) is 3.74. The fraction of sp³-hybridized carbons (Fsp3) is 0.231. The maximum atomic E-state index is 13.5. The Morgan fingerprint density at radius 2 is 1.87 bits per heavy atom. The van der Waals surface area contributed by atoms with E-state index in [9.17, 15) is 23.3 Å². The summed E-state index contributed by atoms with van der Waals surface area (Å²) >= 11 is 6.25. The average Bonchev–Trinajstić information content (AvgIpc) is 2.94. The molecular formula is C26H26ClN5O6S. The molecule has 0 aromatic heterocycles. The Labute approximate surface area is 230 Å². The molecule has 1 saturated heterocycles. The average molecular weight is 572 g/mol. The van der Waals surface area contributed by atoms with Crippen molar-refractivity contribution in [2.75, 3.05) is 42.1 Å². The molecule has 0 bridgehead atoms. The van der Waals surface area contributed by atoms with Crippen molar-refractivity contribution < 1.29 is 22.9 Å². The highest BCUT2D eigenvalue weighted by atomic mass is 35.5. The van der Waals surface area contributed by atoms with Crippen LogP contribution in [-0.2, 0) is 19.6 Å². The number of sulfonamides is 1. The minimum atomic E-state index is -4.12. The Hall–Kier alpha value is -4.00. The quantitative estimate of drug-likeness (QED) is 0.235. The van der Waals surface area contributed by atoms with E-state index in [-0.39, 0.29) is 16.3 Å². The number of hydrazone groups is 1. The number of halogens is 1. The molecule has 3 aromatic rings. The van der Waals surface area contributed by atoms with Gasteiger partial charge in [0.1, 0.15) is 6.54 Å². The first kappa shape index (κ1) is 28.0. The number of nitro benzene ring substituents is 1. The highest BCUT2D eigenvalue weighted by Crippen LogP contribution is 2.28. The van der Waals surface area contributed by atoms with Gasteiger partial charge in [-0.3, -0.25) is 19.2 Å². The summed E-state index contributed by atoms with van der Waals surface area (Å²) < 4.78 is 33.3. The molecule has 0 atom stereocenters. The van der Waals surface area contributed by atoms with Crippen molar-refractivity contribution in [2.45, 2.75) is 11.8 Å². The summed E-state index contributed by atoms with van der Waals surface area (Å²) in [5.41, 5.74) is 4.29. The van der Waals surface area contributed by atoms with Crippen LogP contribution in [0.15, 0.2) is 76.7 Å². The van der Waals surface area contributed by atoms with Crippen LogP contribution in [0.25, 0.3) is 0 Å². The van der Waals surface area contributed by atoms with Gasteiger partial charge in [0.2, 0.25) is 0 Å². The normalized spacial score (nSPS) is 13.8. The highest BCUT2D eigenvalue weighted by Gasteiger charge is 2.27. The lowest BCUT2D eigenvalue weighted by Gasteiger charge is -2.29. The van der Waals surface area contributed by atoms with Crippen molar-refractivity contribution in [1.29, 1.82) is 0 Å². The van der Waals surface area contributed by atoms with Crippen LogP contribution >= 0.6 is 11.6 Å². The van der Waals surface area contributed by atoms with Crippen molar-refractivity contribution in [2.24, 2.45) is 5.10 Å². The third-order valence-corrected chi connectivity index (χ3v) is 8.22. The third kappa shape index (κ3) is 6.72. The molecule has 39 heavy (non-hydrogen) atoms. The van der Waals surface area contributed by atoms with Crippen LogP contribution in [0.4, 0.5) is 17.1 Å². The standard InChI is InChI=1S/C26H26ClN5O6S/c1-19-7-8-21(16-24(19)27)31(39(36,37)23-5-3-2-4-6-23)18-26(33)29-28-17-20-15-22(32(34)35)9-10-25(20)30-11-13-38-14-12-30/h2-10,15-17H,11-14,18H2,1H3,(H,29,33)/b28-17-. The molecule has 4 rings (SSSR count). The monoisotopic (exact) mass is 571 g/mol. The van der Waals surface area contributed by atoms with E-state index in [1.165, 1.54) is 36.5 Å². The molecule has 1 aliphatic rings. The number of benzene rings is 3. The number of carbonyl (C=O) groups is 1. The molecule has 0 aliphatic carbocycles. The van der Waals surface area contributed by atoms with Gasteiger partial charge in [-0.15, -0.1) is 0 Å². The van der Waals surface area contributed by atoms with Crippen LogP contribution in [0, 0.1) is 17.0 Å². The molecule has 13 heteroatoms. The lowest BCUT2D eigenvalue weighted by atomic mass is 10.1. The number of ether oxygens (including phenoxy) is 1. The van der Waals surface area contributed by atoms with Gasteiger partial charge in [0.25, 0.3) is 21.6 Å². The zero-order valence-electron chi connectivity index (χ0n) is 21.0. The second-order valence-electron chi connectivity index (χ2n) is 8.65. The van der Waals surface area contributed by atoms with E-state index in [2.05, 4.69) is 10.5 Å². The lowest BCUT2D eigenvalue weighted by Crippen LogP contribution is -2.39. The van der Waals surface area contributed by atoms with Gasteiger partial charge in [-0.1, -0.05) is 35.9 Å². The minimum absolute atomic E-state index is 0.00440. The Morgan fingerprint density at radius 1 is 1.15 bits per heavy atom. The first-order valence-corrected chi connectivity index (χ1v) is 13.8. The maximum Gasteiger partial charge on any atom is 0.270 e. The van der Waals surface area contributed by atoms with Gasteiger partial charge < -0.3 is 9.64 Å². The fourth-order valence-corrected chi connectivity index (χ4v) is 5.57. The molecule has 204 valence electrons. The maximum absolute atomic E-state index is 13.5. The Balaban J connectivity index is 1.58. The van der Waals surface area contributed by atoms with Gasteiger partial charge in [-0.2, -0.15) is 5.10 Å². The summed E-state index contributed by atoms with van der Waals surface area (Å²) in [5, 5.41) is 15.6. The summed E-state index contributed by atoms with van der Waals surface area (Å²) in [7, 11) is -4.12. The van der Waals surface area contributed by atoms with Crippen LogP contribution < -0.4 is 14.6 Å². The molecule has 1 fully saturated rings. The van der Waals surface area contributed by atoms with Crippen LogP contribution in [0.5, 0.6) is 0 Å². The second kappa shape index (κ2) is 12.2. The topological polar surface area (TPSA) is 134 Å². The van der Waals surface area contributed by atoms with Crippen molar-refractivity contribution in [1.82, 2.24) is 5.43 Å². The Kier molecular flexibility index (Phi) is 8.79. The molecule has 1 aliphatic heterocycles. The number of hydrogen-bond donors (Lipinski definition) is 1. The number of nitro groups is 1. The van der Waals surface area contributed by atoms with Crippen LogP contribution in [0.3, 0.4) is 0 Å². The first-order valence-electron chi connectivity index (χ1n) is 11.9. The second-order valence-corrected chi connectivity index (χ2v) is 10.9. The molecule has 0 spiro atoms. The molecule has 0 unspecified atom stereocenters. The highest BCUT2D eigenvalue weighted by molar-refractivity contribution is 7.92. The van der Waals surface area contributed by atoms with E-state index >= 15 is 0 Å². The van der Waals surface area contributed by atoms with Crippen molar-refractivity contribution in [3.63, 3.8) is 0 Å². The van der Waals surface area contributed by atoms with Crippen LogP contribution in [0.1, 0.15) is 11.1 Å². The number of rotatable bonds is 9. The smallest absolute Gasteiger partial charge is 0.270 e. The summed E-state index contributed by atoms with van der Waals surface area (Å²) in [6.45, 7) is 3.41. The number of nitrogens with one attached hydrogen (secondary N) is 1. The zero-order valence-corrected chi connectivity index (χ0v) is 22.6. The third-order valence-electron chi connectivity index (χ3n) is 6.03. The molecule has 1 heterocycles. The predicted molar refractivity (Wildman–Crippen MR) is 149 cm³/mol. The van der Waals surface area contributed by atoms with Crippen molar-refractivity contribution in [3.8, 4) is 0 Å². The minimum Gasteiger partial charge on any atom is -0.378 e. The summed E-state index contributed by atoms with van der Waals surface area (Å²) in [5.74, 6) is -0.721. The summed E-state index contributed by atoms with van der Waals surface area (Å²) in [6.07, 6.45) is 1.30. The SMILES string of the molecule is Cc1ccc(N(CC(=O)N/N=C\c2cc([N+](=O)[O-])ccc2N2CCOCC2)S(=O)(=O)c2ccccc2)cc1Cl. The zero-order chi connectivity index (χ0) is 28.0. The van der Waals surface area contributed by atoms with Crippen molar-refractivity contribution >= 4 is 50.8 Å². The van der Waals surface area contributed by atoms with E-state index in [1.807, 2.05) is 4.90 Å². The molecule has 0 saturated carbocycles. The number of carbonyl (C=O) groups excluding carboxylic acids is 1. The van der Waals surface area contributed by atoms with Gasteiger partial charge in [0, 0.05) is 41.5 Å². The van der Waals surface area contributed by atoms with Gasteiger partial charge in [0.05, 0.1) is 34.9 Å². The number of morpholine rings is 1. The Bertz CT molecular complexity index is 1490. The number of non-ortho nitro benzene ring substituents is 1. The van der Waals surface area contributed by atoms with E-state index in [4.69, 9.17) is 16.3 Å². The first-order chi connectivity index (χ1) is 18.7. The Morgan fingerprint density at radius 3 is 2.54 bits per heavy atom. The molecule has 3 aromatic carbocycles. The van der Waals surface area contributed by atoms with Gasteiger partial charge in [-0.05, 0) is 42.8 Å². The molecule has 11 nitrogen and oxygen atoms in total. The van der Waals surface area contributed by atoms with E-state index in [1.54, 1.807) is 43.3 Å². The van der Waals surface area contributed by atoms with E-state index in [0.717, 1.165) is 9.87 Å². The largest absolute Gasteiger partial charge is 0.378 e. The van der Waals surface area contributed by atoms with Crippen LogP contribution in [0.2, 0.25) is 5.02 Å². The van der Waals surface area contributed by atoms with E-state index < -0.39 is 27.4 Å². The fourth-order valence-electron chi connectivity index (χ4n) is 3.96. The molecule has 1 N–H and O–H groups in total. The molecule has 0 radical (unpaired) electrons. The number of hydrogen-bond acceptors (Lipinski definition) is 8. The number of anilines is 2. The van der Waals surface area contributed by atoms with Gasteiger partial charge in [-0.25, -0.2) is 13.8 Å². The lowest BCUT2D eigenvalue weighted by molar-refractivity contribution is -0.384. The molecular weight excluding hydrogens is 546 g/mol. The van der Waals surface area contributed by atoms with Crippen molar-refractivity contribution in [3.05, 3.63) is 93.0 Å². The summed E-state index contributed by atoms with van der Waals surface area (Å²) in [6, 6.07) is 16.8. The van der Waals surface area contributed by atoms with E-state index in [0.29, 0.717) is 42.6 Å².